The van der Waals surface area contributed by atoms with E-state index in [1.165, 1.54) is 5.69 Å². The summed E-state index contributed by atoms with van der Waals surface area (Å²) in [7, 11) is 0. The summed E-state index contributed by atoms with van der Waals surface area (Å²) in [5.41, 5.74) is 1.27. The Morgan fingerprint density at radius 3 is 2.50 bits per heavy atom. The van der Waals surface area contributed by atoms with Gasteiger partial charge in [-0.15, -0.1) is 5.10 Å². The van der Waals surface area contributed by atoms with Crippen LogP contribution in [0.15, 0.2) is 57.6 Å². The first-order valence-corrected chi connectivity index (χ1v) is 8.34. The lowest BCUT2D eigenvalue weighted by molar-refractivity contribution is 0.192. The molecule has 124 valence electrons. The Labute approximate surface area is 144 Å². The fourth-order valence-electron chi connectivity index (χ4n) is 2.87. The lowest BCUT2D eigenvalue weighted by Gasteiger charge is -2.35. The number of piperazine rings is 1. The molecule has 7 heteroatoms. The number of aromatic nitrogens is 2. The third-order valence-corrected chi connectivity index (χ3v) is 4.46. The van der Waals surface area contributed by atoms with Crippen molar-refractivity contribution in [1.29, 1.82) is 0 Å². The lowest BCUT2D eigenvalue weighted by atomic mass is 10.2. The molecule has 1 saturated heterocycles. The predicted octanol–water partition coefficient (Wildman–Crippen LogP) is 3.25. The number of benzene rings is 1. The largest absolute Gasteiger partial charge is 0.459 e. The van der Waals surface area contributed by atoms with Crippen molar-refractivity contribution in [1.82, 2.24) is 14.7 Å². The van der Waals surface area contributed by atoms with Gasteiger partial charge in [0, 0.05) is 31.9 Å². The van der Waals surface area contributed by atoms with E-state index in [0.717, 1.165) is 26.2 Å². The summed E-state index contributed by atoms with van der Waals surface area (Å²) < 4.78 is 12.5. The van der Waals surface area contributed by atoms with Crippen molar-refractivity contribution < 1.29 is 8.83 Å². The average Bonchev–Trinajstić information content (AvgIpc) is 3.27. The highest BCUT2D eigenvalue weighted by atomic mass is 32.1. The Bertz CT molecular complexity index is 833. The normalized spacial score (nSPS) is 15.8. The van der Waals surface area contributed by atoms with Crippen LogP contribution >= 0.6 is 12.2 Å². The van der Waals surface area contributed by atoms with Crippen molar-refractivity contribution in [3.05, 3.63) is 53.6 Å². The molecule has 3 heterocycles. The molecular formula is C17H18N4O2S. The van der Waals surface area contributed by atoms with Crippen LogP contribution in [0.5, 0.6) is 0 Å². The molecule has 0 radical (unpaired) electrons. The Kier molecular flexibility index (Phi) is 4.18. The molecule has 0 unspecified atom stereocenters. The van der Waals surface area contributed by atoms with Gasteiger partial charge in [-0.3, -0.25) is 4.90 Å². The van der Waals surface area contributed by atoms with Gasteiger partial charge in [0.25, 0.3) is 10.7 Å². The maximum absolute atomic E-state index is 5.53. The summed E-state index contributed by atoms with van der Waals surface area (Å²) in [5.74, 6) is 1.02. The monoisotopic (exact) mass is 342 g/mol. The van der Waals surface area contributed by atoms with Crippen molar-refractivity contribution >= 4 is 17.9 Å². The van der Waals surface area contributed by atoms with Gasteiger partial charge in [0.2, 0.25) is 0 Å². The highest BCUT2D eigenvalue weighted by Gasteiger charge is 2.19. The number of hydrogen-bond donors (Lipinski definition) is 0. The zero-order chi connectivity index (χ0) is 16.4. The number of anilines is 1. The van der Waals surface area contributed by atoms with Gasteiger partial charge in [0.1, 0.15) is 0 Å². The van der Waals surface area contributed by atoms with E-state index >= 15 is 0 Å². The summed E-state index contributed by atoms with van der Waals surface area (Å²) in [6.45, 7) is 4.52. The minimum absolute atomic E-state index is 0.367. The minimum atomic E-state index is 0.367. The maximum Gasteiger partial charge on any atom is 0.288 e. The summed E-state index contributed by atoms with van der Waals surface area (Å²) >= 11 is 5.27. The number of furan rings is 1. The van der Waals surface area contributed by atoms with Crippen LogP contribution in [0.25, 0.3) is 11.7 Å². The second kappa shape index (κ2) is 6.62. The molecule has 1 aliphatic heterocycles. The Balaban J connectivity index is 1.40. The molecule has 3 aromatic rings. The minimum Gasteiger partial charge on any atom is -0.459 e. The smallest absolute Gasteiger partial charge is 0.288 e. The first-order valence-electron chi connectivity index (χ1n) is 7.94. The van der Waals surface area contributed by atoms with Crippen LogP contribution in [0.3, 0.4) is 0 Å². The Morgan fingerprint density at radius 2 is 1.79 bits per heavy atom. The molecule has 24 heavy (non-hydrogen) atoms. The van der Waals surface area contributed by atoms with Crippen LogP contribution in [-0.4, -0.2) is 40.9 Å². The van der Waals surface area contributed by atoms with Crippen LogP contribution in [0, 0.1) is 4.84 Å². The molecule has 0 saturated carbocycles. The van der Waals surface area contributed by atoms with Crippen LogP contribution < -0.4 is 4.90 Å². The van der Waals surface area contributed by atoms with E-state index in [2.05, 4.69) is 39.2 Å². The second-order valence-electron chi connectivity index (χ2n) is 5.73. The molecule has 0 amide bonds. The maximum atomic E-state index is 5.53. The van der Waals surface area contributed by atoms with Gasteiger partial charge in [-0.1, -0.05) is 18.2 Å². The van der Waals surface area contributed by atoms with Crippen LogP contribution in [-0.2, 0) is 6.67 Å². The molecule has 0 atom stereocenters. The average molecular weight is 342 g/mol. The zero-order valence-electron chi connectivity index (χ0n) is 13.2. The first kappa shape index (κ1) is 15.2. The lowest BCUT2D eigenvalue weighted by Crippen LogP contribution is -2.46. The molecule has 1 aromatic carbocycles. The van der Waals surface area contributed by atoms with Gasteiger partial charge in [-0.2, -0.15) is 0 Å². The van der Waals surface area contributed by atoms with E-state index in [4.69, 9.17) is 21.1 Å². The van der Waals surface area contributed by atoms with Crippen LogP contribution in [0.4, 0.5) is 5.69 Å². The van der Waals surface area contributed by atoms with Crippen LogP contribution in [0.1, 0.15) is 0 Å². The van der Waals surface area contributed by atoms with E-state index in [1.54, 1.807) is 17.0 Å². The van der Waals surface area contributed by atoms with Crippen molar-refractivity contribution in [2.24, 2.45) is 0 Å². The van der Waals surface area contributed by atoms with Gasteiger partial charge in [-0.25, -0.2) is 4.68 Å². The van der Waals surface area contributed by atoms with E-state index in [9.17, 15) is 0 Å². The molecule has 6 nitrogen and oxygen atoms in total. The summed E-state index contributed by atoms with van der Waals surface area (Å²) in [6.07, 6.45) is 1.59. The number of rotatable bonds is 4. The fourth-order valence-corrected chi connectivity index (χ4v) is 3.05. The van der Waals surface area contributed by atoms with E-state index in [1.807, 2.05) is 12.1 Å². The molecule has 1 aliphatic rings. The molecule has 4 rings (SSSR count). The quantitative estimate of drug-likeness (QED) is 0.679. The highest BCUT2D eigenvalue weighted by molar-refractivity contribution is 7.71. The van der Waals surface area contributed by atoms with Gasteiger partial charge in [0.15, 0.2) is 5.76 Å². The standard InChI is InChI=1S/C17H18N4O2S/c24-17-21(18-16(23-17)15-7-4-12-22-15)13-19-8-10-20(11-9-19)14-5-2-1-3-6-14/h1-7,12H,8-11,13H2. The van der Waals surface area contributed by atoms with Gasteiger partial charge < -0.3 is 13.7 Å². The first-order chi connectivity index (χ1) is 11.8. The van der Waals surface area contributed by atoms with E-state index in [0.29, 0.717) is 23.2 Å². The van der Waals surface area contributed by atoms with Gasteiger partial charge >= 0.3 is 0 Å². The Morgan fingerprint density at radius 1 is 1.00 bits per heavy atom. The highest BCUT2D eigenvalue weighted by Crippen LogP contribution is 2.19. The molecule has 1 fully saturated rings. The third-order valence-electron chi connectivity index (χ3n) is 4.17. The SMILES string of the molecule is S=c1oc(-c2ccco2)nn1CN1CCN(c2ccccc2)CC1. The number of nitrogens with zero attached hydrogens (tertiary/aromatic N) is 4. The number of para-hydroxylation sites is 1. The van der Waals surface area contributed by atoms with Crippen LogP contribution in [0.2, 0.25) is 0 Å². The van der Waals surface area contributed by atoms with E-state index < -0.39 is 0 Å². The summed E-state index contributed by atoms with van der Waals surface area (Å²) in [4.78, 5) is 5.09. The zero-order valence-corrected chi connectivity index (χ0v) is 14.0. The molecular weight excluding hydrogens is 324 g/mol. The summed E-state index contributed by atoms with van der Waals surface area (Å²) in [6, 6.07) is 14.1. The molecule has 0 N–H and O–H groups in total. The molecule has 2 aromatic heterocycles. The fraction of sp³-hybridized carbons (Fsp3) is 0.294. The summed E-state index contributed by atoms with van der Waals surface area (Å²) in [5, 5.41) is 4.42. The molecule has 0 aliphatic carbocycles. The van der Waals surface area contributed by atoms with Gasteiger partial charge in [0.05, 0.1) is 12.9 Å². The molecule has 0 spiro atoms. The third kappa shape index (κ3) is 3.13. The Hall–Kier alpha value is -2.38. The molecule has 0 bridgehead atoms. The number of hydrogen-bond acceptors (Lipinski definition) is 6. The second-order valence-corrected chi connectivity index (χ2v) is 6.08. The van der Waals surface area contributed by atoms with E-state index in [-0.39, 0.29) is 0 Å². The van der Waals surface area contributed by atoms with Crippen molar-refractivity contribution in [3.8, 4) is 11.7 Å². The van der Waals surface area contributed by atoms with Crippen molar-refractivity contribution in [2.45, 2.75) is 6.67 Å². The van der Waals surface area contributed by atoms with Crippen molar-refractivity contribution in [2.75, 3.05) is 31.1 Å². The van der Waals surface area contributed by atoms with Crippen molar-refractivity contribution in [3.63, 3.8) is 0 Å². The topological polar surface area (TPSA) is 50.6 Å². The van der Waals surface area contributed by atoms with Gasteiger partial charge in [-0.05, 0) is 36.5 Å². The predicted molar refractivity (Wildman–Crippen MR) is 93.3 cm³/mol.